The highest BCUT2D eigenvalue weighted by Gasteiger charge is 2.19. The van der Waals surface area contributed by atoms with E-state index in [1.807, 2.05) is 18.7 Å². The minimum Gasteiger partial charge on any atom is -0.462 e. The minimum atomic E-state index is -0.370. The fourth-order valence-corrected chi connectivity index (χ4v) is 3.65. The number of nitrogens with zero attached hydrogens (tertiary/aromatic N) is 2. The van der Waals surface area contributed by atoms with Gasteiger partial charge in [-0.3, -0.25) is 0 Å². The van der Waals surface area contributed by atoms with Crippen molar-refractivity contribution in [2.45, 2.75) is 51.3 Å². The molecule has 1 aromatic heterocycles. The van der Waals surface area contributed by atoms with Crippen LogP contribution in [0.15, 0.2) is 35.5 Å². The van der Waals surface area contributed by atoms with E-state index in [0.717, 1.165) is 6.42 Å². The number of rotatable bonds is 11. The van der Waals surface area contributed by atoms with Crippen LogP contribution >= 0.6 is 11.8 Å². The van der Waals surface area contributed by atoms with Crippen molar-refractivity contribution in [3.8, 4) is 0 Å². The number of aryl methyl sites for hydroxylation is 1. The number of thioether (sulfide) groups is 1. The normalized spacial score (nSPS) is 10.6. The standard InChI is InChI=1S/C21H29N3O2S/c1-4-7-14-27-17-10-8-16(9-11-17)12-13-22-20-19(21(25)26-6-3)18(5-2)23-15-24-20/h8-11,15H,4-7,12-14H2,1-3H3,(H,22,23,24). The topological polar surface area (TPSA) is 64.1 Å². The van der Waals surface area contributed by atoms with Gasteiger partial charge < -0.3 is 10.1 Å². The Morgan fingerprint density at radius 2 is 1.93 bits per heavy atom. The molecule has 0 unspecified atom stereocenters. The van der Waals surface area contributed by atoms with Gasteiger partial charge in [-0.05, 0) is 49.6 Å². The van der Waals surface area contributed by atoms with Crippen LogP contribution in [-0.4, -0.2) is 34.8 Å². The van der Waals surface area contributed by atoms with Crippen LogP contribution in [0.5, 0.6) is 0 Å². The second-order valence-corrected chi connectivity index (χ2v) is 7.31. The SMILES string of the molecule is CCCCSc1ccc(CCNc2ncnc(CC)c2C(=O)OCC)cc1. The largest absolute Gasteiger partial charge is 0.462 e. The third-order valence-electron chi connectivity index (χ3n) is 4.14. The van der Waals surface area contributed by atoms with Gasteiger partial charge in [0, 0.05) is 11.4 Å². The van der Waals surface area contributed by atoms with Gasteiger partial charge in [0.1, 0.15) is 17.7 Å². The number of hydrogen-bond acceptors (Lipinski definition) is 6. The van der Waals surface area contributed by atoms with Crippen LogP contribution in [0.25, 0.3) is 0 Å². The third kappa shape index (κ3) is 6.54. The molecule has 0 saturated carbocycles. The van der Waals surface area contributed by atoms with Crippen molar-refractivity contribution in [3.05, 3.63) is 47.4 Å². The Morgan fingerprint density at radius 1 is 1.15 bits per heavy atom. The molecule has 1 N–H and O–H groups in total. The van der Waals surface area contributed by atoms with Gasteiger partial charge >= 0.3 is 5.97 Å². The van der Waals surface area contributed by atoms with Crippen LogP contribution in [0.3, 0.4) is 0 Å². The minimum absolute atomic E-state index is 0.332. The number of esters is 1. The maximum absolute atomic E-state index is 12.3. The Labute approximate surface area is 166 Å². The van der Waals surface area contributed by atoms with Gasteiger partial charge in [0.25, 0.3) is 0 Å². The van der Waals surface area contributed by atoms with Crippen molar-refractivity contribution in [2.75, 3.05) is 24.2 Å². The fraction of sp³-hybridized carbons (Fsp3) is 0.476. The summed E-state index contributed by atoms with van der Waals surface area (Å²) < 4.78 is 5.17. The number of carbonyl (C=O) groups excluding carboxylic acids is 1. The maximum Gasteiger partial charge on any atom is 0.343 e. The zero-order chi connectivity index (χ0) is 19.5. The smallest absolute Gasteiger partial charge is 0.343 e. The molecule has 5 nitrogen and oxygen atoms in total. The summed E-state index contributed by atoms with van der Waals surface area (Å²) in [4.78, 5) is 22.1. The highest BCUT2D eigenvalue weighted by Crippen LogP contribution is 2.20. The van der Waals surface area contributed by atoms with E-state index < -0.39 is 0 Å². The molecule has 2 rings (SSSR count). The van der Waals surface area contributed by atoms with Crippen LogP contribution in [0, 0.1) is 0 Å². The second-order valence-electron chi connectivity index (χ2n) is 6.14. The summed E-state index contributed by atoms with van der Waals surface area (Å²) in [5, 5.41) is 3.28. The number of unbranched alkanes of at least 4 members (excludes halogenated alkanes) is 1. The molecule has 0 fully saturated rings. The molecular weight excluding hydrogens is 358 g/mol. The first-order valence-electron chi connectivity index (χ1n) is 9.66. The Bertz CT molecular complexity index is 720. The number of nitrogens with one attached hydrogen (secondary N) is 1. The van der Waals surface area contributed by atoms with E-state index in [0.29, 0.717) is 36.6 Å². The van der Waals surface area contributed by atoms with Gasteiger partial charge in [-0.15, -0.1) is 11.8 Å². The molecule has 0 aliphatic carbocycles. The van der Waals surface area contributed by atoms with Gasteiger partial charge in [0.15, 0.2) is 0 Å². The van der Waals surface area contributed by atoms with E-state index in [-0.39, 0.29) is 5.97 Å². The summed E-state index contributed by atoms with van der Waals surface area (Å²) in [5.41, 5.74) is 2.41. The van der Waals surface area contributed by atoms with Crippen LogP contribution in [0.2, 0.25) is 0 Å². The van der Waals surface area contributed by atoms with Gasteiger partial charge in [0.05, 0.1) is 12.3 Å². The average molecular weight is 388 g/mol. The molecule has 1 aromatic carbocycles. The molecule has 2 aromatic rings. The van der Waals surface area contributed by atoms with Crippen molar-refractivity contribution < 1.29 is 9.53 Å². The Morgan fingerprint density at radius 3 is 2.59 bits per heavy atom. The molecule has 0 aliphatic rings. The molecule has 0 aliphatic heterocycles. The number of benzene rings is 1. The summed E-state index contributed by atoms with van der Waals surface area (Å²) in [6.45, 7) is 7.00. The van der Waals surface area contributed by atoms with Crippen LogP contribution in [-0.2, 0) is 17.6 Å². The number of ether oxygens (including phenoxy) is 1. The predicted molar refractivity (Wildman–Crippen MR) is 112 cm³/mol. The molecule has 27 heavy (non-hydrogen) atoms. The van der Waals surface area contributed by atoms with E-state index in [1.54, 1.807) is 6.92 Å². The first kappa shape index (κ1) is 21.2. The zero-order valence-corrected chi connectivity index (χ0v) is 17.3. The Kier molecular flexibility index (Phi) is 9.11. The van der Waals surface area contributed by atoms with Gasteiger partial charge in [-0.2, -0.15) is 0 Å². The highest BCUT2D eigenvalue weighted by molar-refractivity contribution is 7.99. The average Bonchev–Trinajstić information content (AvgIpc) is 2.69. The molecule has 0 saturated heterocycles. The van der Waals surface area contributed by atoms with Gasteiger partial charge in [-0.1, -0.05) is 32.4 Å². The summed E-state index contributed by atoms with van der Waals surface area (Å²) in [6.07, 6.45) is 5.48. The Hall–Kier alpha value is -2.08. The molecule has 0 spiro atoms. The van der Waals surface area contributed by atoms with Crippen LogP contribution in [0.4, 0.5) is 5.82 Å². The van der Waals surface area contributed by atoms with Crippen molar-refractivity contribution >= 4 is 23.5 Å². The number of carbonyl (C=O) groups is 1. The summed E-state index contributed by atoms with van der Waals surface area (Å²) >= 11 is 1.90. The fourth-order valence-electron chi connectivity index (χ4n) is 2.65. The second kappa shape index (κ2) is 11.6. The van der Waals surface area contributed by atoms with Gasteiger partial charge in [-0.25, -0.2) is 14.8 Å². The molecule has 0 amide bonds. The van der Waals surface area contributed by atoms with Crippen molar-refractivity contribution in [1.29, 1.82) is 0 Å². The lowest BCUT2D eigenvalue weighted by molar-refractivity contribution is 0.0525. The quantitative estimate of drug-likeness (QED) is 0.341. The van der Waals surface area contributed by atoms with E-state index in [9.17, 15) is 4.79 Å². The monoisotopic (exact) mass is 387 g/mol. The number of hydrogen-bond donors (Lipinski definition) is 1. The number of anilines is 1. The van der Waals surface area contributed by atoms with E-state index in [2.05, 4.69) is 46.5 Å². The molecule has 6 heteroatoms. The lowest BCUT2D eigenvalue weighted by Crippen LogP contribution is -2.16. The maximum atomic E-state index is 12.3. The molecule has 0 atom stereocenters. The van der Waals surface area contributed by atoms with Crippen LogP contribution in [0.1, 0.15) is 55.2 Å². The Balaban J connectivity index is 1.95. The van der Waals surface area contributed by atoms with Crippen molar-refractivity contribution in [1.82, 2.24) is 9.97 Å². The lowest BCUT2D eigenvalue weighted by Gasteiger charge is -2.13. The van der Waals surface area contributed by atoms with Crippen molar-refractivity contribution in [2.24, 2.45) is 0 Å². The molecule has 1 heterocycles. The van der Waals surface area contributed by atoms with E-state index in [4.69, 9.17) is 4.74 Å². The van der Waals surface area contributed by atoms with Crippen LogP contribution < -0.4 is 5.32 Å². The summed E-state index contributed by atoms with van der Waals surface area (Å²) in [5.74, 6) is 1.35. The summed E-state index contributed by atoms with van der Waals surface area (Å²) in [7, 11) is 0. The molecule has 146 valence electrons. The first-order valence-corrected chi connectivity index (χ1v) is 10.6. The van der Waals surface area contributed by atoms with Gasteiger partial charge in [0.2, 0.25) is 0 Å². The van der Waals surface area contributed by atoms with E-state index in [1.165, 1.54) is 35.4 Å². The predicted octanol–water partition coefficient (Wildman–Crippen LogP) is 4.76. The molecule has 0 radical (unpaired) electrons. The van der Waals surface area contributed by atoms with E-state index >= 15 is 0 Å². The number of aromatic nitrogens is 2. The van der Waals surface area contributed by atoms with Crippen molar-refractivity contribution in [3.63, 3.8) is 0 Å². The highest BCUT2D eigenvalue weighted by atomic mass is 32.2. The third-order valence-corrected chi connectivity index (χ3v) is 5.23. The summed E-state index contributed by atoms with van der Waals surface area (Å²) in [6, 6.07) is 8.69. The lowest BCUT2D eigenvalue weighted by atomic mass is 10.1. The molecule has 0 bridgehead atoms. The molecular formula is C21H29N3O2S. The first-order chi connectivity index (χ1) is 13.2. The zero-order valence-electron chi connectivity index (χ0n) is 16.5.